The number of nitrogens with zero attached hydrogens (tertiary/aromatic N) is 1. The molecule has 0 aliphatic carbocycles. The van der Waals surface area contributed by atoms with Crippen molar-refractivity contribution in [2.75, 3.05) is 6.61 Å². The van der Waals surface area contributed by atoms with Crippen molar-refractivity contribution in [3.05, 3.63) is 0 Å². The maximum Gasteiger partial charge on any atom is 0.0626 e. The van der Waals surface area contributed by atoms with Crippen molar-refractivity contribution in [3.63, 3.8) is 0 Å². The molecule has 1 unspecified atom stereocenters. The Labute approximate surface area is 60.7 Å². The summed E-state index contributed by atoms with van der Waals surface area (Å²) in [4.78, 5) is 0. The smallest absolute Gasteiger partial charge is 0.0626 e. The predicted octanol–water partition coefficient (Wildman–Crippen LogP) is 1.41. The molecule has 0 amide bonds. The summed E-state index contributed by atoms with van der Waals surface area (Å²) in [6, 6.07) is 0. The van der Waals surface area contributed by atoms with Gasteiger partial charge in [0.1, 0.15) is 0 Å². The molecule has 1 N–H and O–H groups in total. The molecule has 0 spiro atoms. The Morgan fingerprint density at radius 2 is 2.60 bits per heavy atom. The van der Waals surface area contributed by atoms with Gasteiger partial charge in [0.25, 0.3) is 0 Å². The highest BCUT2D eigenvalue weighted by molar-refractivity contribution is 5.84. The summed E-state index contributed by atoms with van der Waals surface area (Å²) in [5.41, 5.74) is 0.873. The number of rotatable bonds is 1. The van der Waals surface area contributed by atoms with Crippen LogP contribution in [0.2, 0.25) is 0 Å². The molecule has 1 saturated heterocycles. The summed E-state index contributed by atoms with van der Waals surface area (Å²) in [6.07, 6.45) is 2.86. The van der Waals surface area contributed by atoms with E-state index in [2.05, 4.69) is 12.1 Å². The summed E-state index contributed by atoms with van der Waals surface area (Å²) in [6.45, 7) is 2.78. The largest absolute Gasteiger partial charge is 0.411 e. The van der Waals surface area contributed by atoms with Crippen LogP contribution in [0.25, 0.3) is 0 Å². The molecule has 0 radical (unpaired) electrons. The Morgan fingerprint density at radius 3 is 3.20 bits per heavy atom. The van der Waals surface area contributed by atoms with Crippen molar-refractivity contribution < 1.29 is 9.94 Å². The zero-order valence-corrected chi connectivity index (χ0v) is 6.21. The molecular weight excluding hydrogens is 130 g/mol. The lowest BCUT2D eigenvalue weighted by Crippen LogP contribution is -2.24. The van der Waals surface area contributed by atoms with E-state index in [4.69, 9.17) is 9.94 Å². The van der Waals surface area contributed by atoms with Gasteiger partial charge in [-0.1, -0.05) is 12.1 Å². The lowest BCUT2D eigenvalue weighted by molar-refractivity contribution is 0.0465. The third kappa shape index (κ3) is 1.70. The highest BCUT2D eigenvalue weighted by Gasteiger charge is 2.16. The molecule has 1 rings (SSSR count). The first-order valence-corrected chi connectivity index (χ1v) is 3.68. The molecule has 0 aromatic rings. The van der Waals surface area contributed by atoms with Gasteiger partial charge in [-0.15, -0.1) is 0 Å². The second-order valence-electron chi connectivity index (χ2n) is 2.52. The Kier molecular flexibility index (Phi) is 2.68. The molecule has 10 heavy (non-hydrogen) atoms. The van der Waals surface area contributed by atoms with Gasteiger partial charge in [-0.3, -0.25) is 0 Å². The Bertz CT molecular complexity index is 134. The molecule has 0 aromatic carbocycles. The number of oxime groups is 1. The van der Waals surface area contributed by atoms with Gasteiger partial charge in [0, 0.05) is 12.8 Å². The van der Waals surface area contributed by atoms with Gasteiger partial charge in [0.2, 0.25) is 0 Å². The quantitative estimate of drug-likeness (QED) is 0.445. The average Bonchev–Trinajstić information content (AvgIpc) is 2.05. The second-order valence-corrected chi connectivity index (χ2v) is 2.52. The molecule has 1 heterocycles. The van der Waals surface area contributed by atoms with E-state index in [9.17, 15) is 0 Å². The van der Waals surface area contributed by atoms with Crippen LogP contribution in [0.5, 0.6) is 0 Å². The van der Waals surface area contributed by atoms with E-state index < -0.39 is 0 Å². The summed E-state index contributed by atoms with van der Waals surface area (Å²) >= 11 is 0. The Balaban J connectivity index is 2.39. The van der Waals surface area contributed by atoms with Crippen molar-refractivity contribution in [3.8, 4) is 0 Å². The molecule has 1 aliphatic heterocycles. The van der Waals surface area contributed by atoms with Gasteiger partial charge in [-0.2, -0.15) is 0 Å². The lowest BCUT2D eigenvalue weighted by atomic mass is 10.1. The molecule has 0 bridgehead atoms. The van der Waals surface area contributed by atoms with E-state index >= 15 is 0 Å². The standard InChI is InChI=1S/C7H13NO2/c1-2-7-5-6(8-9)3-4-10-7/h7,9H,2-5H2,1H3. The minimum atomic E-state index is 0.277. The summed E-state index contributed by atoms with van der Waals surface area (Å²) in [5.74, 6) is 0. The first-order chi connectivity index (χ1) is 4.86. The molecule has 58 valence electrons. The maximum absolute atomic E-state index is 8.44. The van der Waals surface area contributed by atoms with E-state index in [0.29, 0.717) is 6.61 Å². The van der Waals surface area contributed by atoms with Crippen LogP contribution in [0.1, 0.15) is 26.2 Å². The van der Waals surface area contributed by atoms with Gasteiger partial charge < -0.3 is 9.94 Å². The SMILES string of the molecule is CCC1CC(=NO)CCO1. The first-order valence-electron chi connectivity index (χ1n) is 3.68. The van der Waals surface area contributed by atoms with Gasteiger partial charge in [0.15, 0.2) is 0 Å². The van der Waals surface area contributed by atoms with Gasteiger partial charge >= 0.3 is 0 Å². The van der Waals surface area contributed by atoms with Crippen LogP contribution in [0, 0.1) is 0 Å². The molecular formula is C7H13NO2. The van der Waals surface area contributed by atoms with E-state index in [1.807, 2.05) is 0 Å². The van der Waals surface area contributed by atoms with Crippen LogP contribution in [-0.2, 0) is 4.74 Å². The second kappa shape index (κ2) is 3.56. The fraction of sp³-hybridized carbons (Fsp3) is 0.857. The minimum absolute atomic E-state index is 0.277. The predicted molar refractivity (Wildman–Crippen MR) is 38.5 cm³/mol. The molecule has 3 heteroatoms. The molecule has 1 fully saturated rings. The number of ether oxygens (including phenoxy) is 1. The maximum atomic E-state index is 8.44. The average molecular weight is 143 g/mol. The van der Waals surface area contributed by atoms with Crippen molar-refractivity contribution in [2.45, 2.75) is 32.3 Å². The van der Waals surface area contributed by atoms with Crippen LogP contribution in [0.4, 0.5) is 0 Å². The Hall–Kier alpha value is -0.570. The topological polar surface area (TPSA) is 41.8 Å². The van der Waals surface area contributed by atoms with Crippen LogP contribution < -0.4 is 0 Å². The fourth-order valence-corrected chi connectivity index (χ4v) is 1.12. The molecule has 0 aromatic heterocycles. The fourth-order valence-electron chi connectivity index (χ4n) is 1.12. The van der Waals surface area contributed by atoms with Crippen LogP contribution >= 0.6 is 0 Å². The van der Waals surface area contributed by atoms with Crippen LogP contribution in [0.3, 0.4) is 0 Å². The lowest BCUT2D eigenvalue weighted by Gasteiger charge is -2.21. The zero-order chi connectivity index (χ0) is 7.40. The third-order valence-corrected chi connectivity index (χ3v) is 1.80. The van der Waals surface area contributed by atoms with E-state index in [1.165, 1.54) is 0 Å². The highest BCUT2D eigenvalue weighted by atomic mass is 16.5. The van der Waals surface area contributed by atoms with Crippen molar-refractivity contribution in [2.24, 2.45) is 5.16 Å². The van der Waals surface area contributed by atoms with Gasteiger partial charge in [-0.05, 0) is 6.42 Å². The number of hydrogen-bond acceptors (Lipinski definition) is 3. The summed E-state index contributed by atoms with van der Waals surface area (Å²) in [5, 5.41) is 11.6. The molecule has 3 nitrogen and oxygen atoms in total. The van der Waals surface area contributed by atoms with E-state index in [1.54, 1.807) is 0 Å². The van der Waals surface area contributed by atoms with E-state index in [0.717, 1.165) is 25.0 Å². The molecule has 1 atom stereocenters. The van der Waals surface area contributed by atoms with Crippen LogP contribution in [-0.4, -0.2) is 23.6 Å². The van der Waals surface area contributed by atoms with E-state index in [-0.39, 0.29) is 6.10 Å². The van der Waals surface area contributed by atoms with Crippen molar-refractivity contribution >= 4 is 5.71 Å². The number of hydrogen-bond donors (Lipinski definition) is 1. The monoisotopic (exact) mass is 143 g/mol. The summed E-state index contributed by atoms with van der Waals surface area (Å²) < 4.78 is 5.37. The van der Waals surface area contributed by atoms with Crippen molar-refractivity contribution in [1.29, 1.82) is 0 Å². The normalized spacial score (nSPS) is 30.9. The molecule has 0 saturated carbocycles. The minimum Gasteiger partial charge on any atom is -0.411 e. The highest BCUT2D eigenvalue weighted by Crippen LogP contribution is 2.12. The van der Waals surface area contributed by atoms with Crippen molar-refractivity contribution in [1.82, 2.24) is 0 Å². The Morgan fingerprint density at radius 1 is 1.80 bits per heavy atom. The summed E-state index contributed by atoms with van der Waals surface area (Å²) in [7, 11) is 0. The van der Waals surface area contributed by atoms with Crippen LogP contribution in [0.15, 0.2) is 5.16 Å². The van der Waals surface area contributed by atoms with Gasteiger partial charge in [0.05, 0.1) is 18.4 Å². The first kappa shape index (κ1) is 7.54. The molecule has 1 aliphatic rings. The van der Waals surface area contributed by atoms with Gasteiger partial charge in [-0.25, -0.2) is 0 Å². The third-order valence-electron chi connectivity index (χ3n) is 1.80. The zero-order valence-electron chi connectivity index (χ0n) is 6.21.